The minimum Gasteiger partial charge on any atom is -0.361 e. The highest BCUT2D eigenvalue weighted by atomic mass is 16.5. The van der Waals surface area contributed by atoms with E-state index in [0.717, 1.165) is 42.0 Å². The molecule has 1 unspecified atom stereocenters. The van der Waals surface area contributed by atoms with Crippen molar-refractivity contribution in [2.24, 2.45) is 0 Å². The molecule has 152 valence electrons. The summed E-state index contributed by atoms with van der Waals surface area (Å²) in [4.78, 5) is 14.5. The van der Waals surface area contributed by atoms with Crippen molar-refractivity contribution in [1.82, 2.24) is 15.4 Å². The Morgan fingerprint density at radius 3 is 2.59 bits per heavy atom. The number of amides is 1. The number of nitrogens with one attached hydrogen (secondary N) is 1. The molecule has 0 aliphatic heterocycles. The van der Waals surface area contributed by atoms with E-state index < -0.39 is 0 Å². The zero-order valence-corrected chi connectivity index (χ0v) is 17.4. The summed E-state index contributed by atoms with van der Waals surface area (Å²) in [5, 5.41) is 7.17. The normalized spacial score (nSPS) is 12.1. The van der Waals surface area contributed by atoms with Gasteiger partial charge < -0.3 is 9.84 Å². The predicted molar refractivity (Wildman–Crippen MR) is 115 cm³/mol. The van der Waals surface area contributed by atoms with Gasteiger partial charge in [-0.25, -0.2) is 0 Å². The van der Waals surface area contributed by atoms with Gasteiger partial charge in [0.25, 0.3) is 0 Å². The van der Waals surface area contributed by atoms with Crippen LogP contribution in [0.5, 0.6) is 0 Å². The molecule has 1 atom stereocenters. The second kappa shape index (κ2) is 10.0. The van der Waals surface area contributed by atoms with Gasteiger partial charge >= 0.3 is 0 Å². The van der Waals surface area contributed by atoms with Crippen LogP contribution >= 0.6 is 0 Å². The second-order valence-electron chi connectivity index (χ2n) is 7.51. The van der Waals surface area contributed by atoms with Crippen LogP contribution in [0.15, 0.2) is 65.2 Å². The molecule has 29 heavy (non-hydrogen) atoms. The fourth-order valence-corrected chi connectivity index (χ4v) is 3.12. The number of nitrogens with zero attached hydrogens (tertiary/aromatic N) is 2. The summed E-state index contributed by atoms with van der Waals surface area (Å²) in [6.45, 7) is 5.35. The van der Waals surface area contributed by atoms with Crippen LogP contribution in [-0.4, -0.2) is 35.6 Å². The van der Waals surface area contributed by atoms with Gasteiger partial charge in [0.15, 0.2) is 0 Å². The SMILES string of the molecule is Cc1ccc(CNC(=O)C(C)N(C)CCCc2cc(-c3ccccc3)no2)cc1. The molecule has 0 saturated carbocycles. The molecule has 2 aromatic carbocycles. The first-order valence-corrected chi connectivity index (χ1v) is 10.1. The van der Waals surface area contributed by atoms with Gasteiger partial charge in [0.05, 0.1) is 6.04 Å². The first-order chi connectivity index (χ1) is 14.0. The highest BCUT2D eigenvalue weighted by molar-refractivity contribution is 5.81. The second-order valence-corrected chi connectivity index (χ2v) is 7.51. The topological polar surface area (TPSA) is 58.4 Å². The molecule has 3 rings (SSSR count). The Morgan fingerprint density at radius 1 is 1.14 bits per heavy atom. The summed E-state index contributed by atoms with van der Waals surface area (Å²) in [7, 11) is 1.98. The smallest absolute Gasteiger partial charge is 0.237 e. The van der Waals surface area contributed by atoms with Crippen LogP contribution in [-0.2, 0) is 17.8 Å². The van der Waals surface area contributed by atoms with Crippen LogP contribution < -0.4 is 5.32 Å². The number of hydrogen-bond acceptors (Lipinski definition) is 4. The molecule has 5 nitrogen and oxygen atoms in total. The molecule has 0 bridgehead atoms. The van der Waals surface area contributed by atoms with Crippen LogP contribution in [0.1, 0.15) is 30.2 Å². The molecule has 3 aromatic rings. The van der Waals surface area contributed by atoms with E-state index in [-0.39, 0.29) is 11.9 Å². The van der Waals surface area contributed by atoms with E-state index >= 15 is 0 Å². The van der Waals surface area contributed by atoms with E-state index in [4.69, 9.17) is 4.52 Å². The summed E-state index contributed by atoms with van der Waals surface area (Å²) >= 11 is 0. The molecule has 1 heterocycles. The highest BCUT2D eigenvalue weighted by Gasteiger charge is 2.17. The lowest BCUT2D eigenvalue weighted by Gasteiger charge is -2.23. The molecule has 1 amide bonds. The van der Waals surface area contributed by atoms with Crippen molar-refractivity contribution >= 4 is 5.91 Å². The lowest BCUT2D eigenvalue weighted by Crippen LogP contribution is -2.43. The summed E-state index contributed by atoms with van der Waals surface area (Å²) < 4.78 is 5.46. The molecular formula is C24H29N3O2. The van der Waals surface area contributed by atoms with Crippen molar-refractivity contribution in [1.29, 1.82) is 0 Å². The monoisotopic (exact) mass is 391 g/mol. The molecule has 0 fully saturated rings. The molecule has 5 heteroatoms. The summed E-state index contributed by atoms with van der Waals surface area (Å²) in [6.07, 6.45) is 1.69. The van der Waals surface area contributed by atoms with Gasteiger partial charge in [0.1, 0.15) is 11.5 Å². The lowest BCUT2D eigenvalue weighted by atomic mass is 10.1. The zero-order chi connectivity index (χ0) is 20.6. The van der Waals surface area contributed by atoms with Gasteiger partial charge in [-0.1, -0.05) is 65.3 Å². The van der Waals surface area contributed by atoms with Crippen molar-refractivity contribution < 1.29 is 9.32 Å². The maximum Gasteiger partial charge on any atom is 0.237 e. The maximum absolute atomic E-state index is 12.4. The number of aromatic nitrogens is 1. The Balaban J connectivity index is 1.41. The fourth-order valence-electron chi connectivity index (χ4n) is 3.12. The maximum atomic E-state index is 12.4. The number of likely N-dealkylation sites (N-methyl/N-ethyl adjacent to an activating group) is 1. The third kappa shape index (κ3) is 6.03. The zero-order valence-electron chi connectivity index (χ0n) is 17.4. The number of benzene rings is 2. The average Bonchev–Trinajstić information content (AvgIpc) is 3.22. The predicted octanol–water partition coefficient (Wildman–Crippen LogP) is 4.22. The number of rotatable bonds is 9. The van der Waals surface area contributed by atoms with Crippen molar-refractivity contribution in [3.05, 3.63) is 77.6 Å². The summed E-state index contributed by atoms with van der Waals surface area (Å²) in [6, 6.07) is 20.0. The Kier molecular flexibility index (Phi) is 7.19. The largest absolute Gasteiger partial charge is 0.361 e. The van der Waals surface area contributed by atoms with E-state index in [1.807, 2.05) is 62.5 Å². The molecule has 1 aromatic heterocycles. The van der Waals surface area contributed by atoms with E-state index in [1.54, 1.807) is 0 Å². The minimum atomic E-state index is -0.185. The van der Waals surface area contributed by atoms with Crippen LogP contribution in [0.25, 0.3) is 11.3 Å². The lowest BCUT2D eigenvalue weighted by molar-refractivity contribution is -0.125. The van der Waals surface area contributed by atoms with Gasteiger partial charge in [-0.3, -0.25) is 9.69 Å². The third-order valence-electron chi connectivity index (χ3n) is 5.19. The number of carbonyl (C=O) groups is 1. The average molecular weight is 392 g/mol. The van der Waals surface area contributed by atoms with Crippen molar-refractivity contribution in [2.45, 2.75) is 39.3 Å². The molecule has 1 N–H and O–H groups in total. The highest BCUT2D eigenvalue weighted by Crippen LogP contribution is 2.19. The van der Waals surface area contributed by atoms with Gasteiger partial charge in [0, 0.05) is 24.6 Å². The molecule has 0 spiro atoms. The number of carbonyl (C=O) groups excluding carboxylic acids is 1. The van der Waals surface area contributed by atoms with Gasteiger partial charge in [-0.2, -0.15) is 0 Å². The summed E-state index contributed by atoms with van der Waals surface area (Å²) in [5.41, 5.74) is 4.24. The van der Waals surface area contributed by atoms with Crippen LogP contribution in [0, 0.1) is 6.92 Å². The molecule has 0 aliphatic carbocycles. The minimum absolute atomic E-state index is 0.0408. The van der Waals surface area contributed by atoms with E-state index in [0.29, 0.717) is 6.54 Å². The summed E-state index contributed by atoms with van der Waals surface area (Å²) in [5.74, 6) is 0.910. The quantitative estimate of drug-likeness (QED) is 0.593. The third-order valence-corrected chi connectivity index (χ3v) is 5.19. The number of hydrogen-bond donors (Lipinski definition) is 1. The van der Waals surface area contributed by atoms with Crippen LogP contribution in [0.3, 0.4) is 0 Å². The Morgan fingerprint density at radius 2 is 1.86 bits per heavy atom. The Hall–Kier alpha value is -2.92. The molecule has 0 aliphatic rings. The Bertz CT molecular complexity index is 903. The van der Waals surface area contributed by atoms with E-state index in [1.165, 1.54) is 5.56 Å². The van der Waals surface area contributed by atoms with E-state index in [2.05, 4.69) is 34.4 Å². The van der Waals surface area contributed by atoms with E-state index in [9.17, 15) is 4.79 Å². The van der Waals surface area contributed by atoms with Crippen molar-refractivity contribution in [3.63, 3.8) is 0 Å². The van der Waals surface area contributed by atoms with Crippen molar-refractivity contribution in [2.75, 3.05) is 13.6 Å². The van der Waals surface area contributed by atoms with Gasteiger partial charge in [-0.15, -0.1) is 0 Å². The van der Waals surface area contributed by atoms with Crippen LogP contribution in [0.4, 0.5) is 0 Å². The van der Waals surface area contributed by atoms with Crippen molar-refractivity contribution in [3.8, 4) is 11.3 Å². The first-order valence-electron chi connectivity index (χ1n) is 10.1. The number of aryl methyl sites for hydroxylation is 2. The molecule has 0 saturated heterocycles. The van der Waals surface area contributed by atoms with Crippen LogP contribution in [0.2, 0.25) is 0 Å². The fraction of sp³-hybridized carbons (Fsp3) is 0.333. The van der Waals surface area contributed by atoms with Gasteiger partial charge in [0.2, 0.25) is 5.91 Å². The first kappa shape index (κ1) is 20.8. The van der Waals surface area contributed by atoms with Gasteiger partial charge in [-0.05, 0) is 39.4 Å². The molecular weight excluding hydrogens is 362 g/mol. The standard InChI is InChI=1S/C24H29N3O2/c1-18-11-13-20(14-12-18)17-25-24(28)19(2)27(3)15-7-10-22-16-23(26-29-22)21-8-5-4-6-9-21/h4-6,8-9,11-14,16,19H,7,10,15,17H2,1-3H3,(H,25,28). The Labute approximate surface area is 172 Å². The molecule has 0 radical (unpaired) electrons.